The first-order chi connectivity index (χ1) is 7.83. The average molecular weight is 219 g/mol. The van der Waals surface area contributed by atoms with Gasteiger partial charge in [0, 0.05) is 13.2 Å². The summed E-state index contributed by atoms with van der Waals surface area (Å²) < 4.78 is 5.42. The highest BCUT2D eigenvalue weighted by atomic mass is 16.5. The van der Waals surface area contributed by atoms with Gasteiger partial charge in [-0.25, -0.2) is 0 Å². The molecule has 2 rings (SSSR count). The van der Waals surface area contributed by atoms with Gasteiger partial charge >= 0.3 is 0 Å². The lowest BCUT2D eigenvalue weighted by molar-refractivity contribution is 0.0851. The van der Waals surface area contributed by atoms with Gasteiger partial charge in [-0.2, -0.15) is 0 Å². The first kappa shape index (κ1) is 11.6. The molecule has 2 N–H and O–H groups in total. The van der Waals surface area contributed by atoms with Crippen molar-refractivity contribution >= 4 is 0 Å². The van der Waals surface area contributed by atoms with E-state index in [1.165, 1.54) is 11.1 Å². The zero-order chi connectivity index (χ0) is 11.4. The molecule has 2 nitrogen and oxygen atoms in total. The molecule has 1 unspecified atom stereocenters. The second kappa shape index (κ2) is 5.46. The van der Waals surface area contributed by atoms with Crippen molar-refractivity contribution in [2.45, 2.75) is 31.6 Å². The number of nitrogens with two attached hydrogens (primary N) is 1. The summed E-state index contributed by atoms with van der Waals surface area (Å²) in [5, 5.41) is 0. The monoisotopic (exact) mass is 219 g/mol. The van der Waals surface area contributed by atoms with Crippen LogP contribution >= 0.6 is 0 Å². The van der Waals surface area contributed by atoms with Gasteiger partial charge in [0.2, 0.25) is 0 Å². The Morgan fingerprint density at radius 1 is 1.31 bits per heavy atom. The summed E-state index contributed by atoms with van der Waals surface area (Å²) in [6.07, 6.45) is 2.29. The lowest BCUT2D eigenvalue weighted by atomic mass is 9.84. The summed E-state index contributed by atoms with van der Waals surface area (Å²) in [6, 6.07) is 8.74. The number of benzene rings is 1. The number of ether oxygens (including phenoxy) is 1. The molecule has 88 valence electrons. The number of rotatable bonds is 3. The summed E-state index contributed by atoms with van der Waals surface area (Å²) in [6.45, 7) is 4.73. The van der Waals surface area contributed by atoms with E-state index in [1.54, 1.807) is 0 Å². The molecular formula is C14H21NO. The third-order valence-corrected chi connectivity index (χ3v) is 3.54. The molecule has 1 aliphatic rings. The standard InChI is InChI=1S/C14H21NO/c1-11(10-15)13-4-2-3-5-14(13)12-6-8-16-9-7-12/h2-5,11-12H,6-10,15H2,1H3. The second-order valence-corrected chi connectivity index (χ2v) is 4.65. The molecule has 0 amide bonds. The van der Waals surface area contributed by atoms with Crippen molar-refractivity contribution in [2.75, 3.05) is 19.8 Å². The van der Waals surface area contributed by atoms with Crippen molar-refractivity contribution < 1.29 is 4.74 Å². The Hall–Kier alpha value is -0.860. The third-order valence-electron chi connectivity index (χ3n) is 3.54. The van der Waals surface area contributed by atoms with E-state index in [1.807, 2.05) is 0 Å². The Balaban J connectivity index is 2.24. The predicted molar refractivity (Wildman–Crippen MR) is 66.7 cm³/mol. The van der Waals surface area contributed by atoms with Crippen LogP contribution in [0.15, 0.2) is 24.3 Å². The van der Waals surface area contributed by atoms with E-state index in [0.717, 1.165) is 32.6 Å². The molecule has 16 heavy (non-hydrogen) atoms. The van der Waals surface area contributed by atoms with Gasteiger partial charge in [-0.15, -0.1) is 0 Å². The second-order valence-electron chi connectivity index (χ2n) is 4.65. The van der Waals surface area contributed by atoms with Crippen molar-refractivity contribution in [3.63, 3.8) is 0 Å². The van der Waals surface area contributed by atoms with E-state index >= 15 is 0 Å². The molecular weight excluding hydrogens is 198 g/mol. The highest BCUT2D eigenvalue weighted by Crippen LogP contribution is 2.32. The minimum Gasteiger partial charge on any atom is -0.381 e. The molecule has 0 spiro atoms. The van der Waals surface area contributed by atoms with Gasteiger partial charge in [-0.3, -0.25) is 0 Å². The number of hydrogen-bond donors (Lipinski definition) is 1. The molecule has 1 heterocycles. The van der Waals surface area contributed by atoms with Gasteiger partial charge in [0.1, 0.15) is 0 Å². The minimum atomic E-state index is 0.457. The average Bonchev–Trinajstić information content (AvgIpc) is 2.39. The summed E-state index contributed by atoms with van der Waals surface area (Å²) in [5.41, 5.74) is 8.70. The van der Waals surface area contributed by atoms with E-state index in [-0.39, 0.29) is 0 Å². The Bertz CT molecular complexity index is 331. The molecule has 0 aliphatic carbocycles. The van der Waals surface area contributed by atoms with Gasteiger partial charge in [0.25, 0.3) is 0 Å². The Kier molecular flexibility index (Phi) is 3.97. The molecule has 1 aliphatic heterocycles. The topological polar surface area (TPSA) is 35.2 Å². The van der Waals surface area contributed by atoms with Crippen LogP contribution in [-0.4, -0.2) is 19.8 Å². The molecule has 0 bridgehead atoms. The zero-order valence-electron chi connectivity index (χ0n) is 9.99. The van der Waals surface area contributed by atoms with E-state index in [2.05, 4.69) is 31.2 Å². The van der Waals surface area contributed by atoms with Crippen LogP contribution in [0.2, 0.25) is 0 Å². The van der Waals surface area contributed by atoms with Crippen molar-refractivity contribution in [1.82, 2.24) is 0 Å². The molecule has 1 saturated heterocycles. The zero-order valence-corrected chi connectivity index (χ0v) is 9.99. The van der Waals surface area contributed by atoms with Gasteiger partial charge in [-0.05, 0) is 42.3 Å². The van der Waals surface area contributed by atoms with Crippen molar-refractivity contribution in [2.24, 2.45) is 5.73 Å². The summed E-state index contributed by atoms with van der Waals surface area (Å²) in [5.74, 6) is 1.12. The Morgan fingerprint density at radius 3 is 2.69 bits per heavy atom. The SMILES string of the molecule is CC(CN)c1ccccc1C1CCOCC1. The van der Waals surface area contributed by atoms with Crippen molar-refractivity contribution in [1.29, 1.82) is 0 Å². The van der Waals surface area contributed by atoms with Crippen LogP contribution in [0, 0.1) is 0 Å². The van der Waals surface area contributed by atoms with Gasteiger partial charge in [0.15, 0.2) is 0 Å². The molecule has 1 aromatic carbocycles. The lowest BCUT2D eigenvalue weighted by Crippen LogP contribution is -2.18. The van der Waals surface area contributed by atoms with E-state index < -0.39 is 0 Å². The summed E-state index contributed by atoms with van der Waals surface area (Å²) >= 11 is 0. The van der Waals surface area contributed by atoms with E-state index in [0.29, 0.717) is 11.8 Å². The van der Waals surface area contributed by atoms with Crippen LogP contribution in [-0.2, 0) is 4.74 Å². The quantitative estimate of drug-likeness (QED) is 0.848. The van der Waals surface area contributed by atoms with Gasteiger partial charge in [-0.1, -0.05) is 31.2 Å². The molecule has 2 heteroatoms. The van der Waals surface area contributed by atoms with Crippen LogP contribution in [0.3, 0.4) is 0 Å². The van der Waals surface area contributed by atoms with Gasteiger partial charge in [0.05, 0.1) is 0 Å². The summed E-state index contributed by atoms with van der Waals surface area (Å²) in [4.78, 5) is 0. The van der Waals surface area contributed by atoms with E-state index in [4.69, 9.17) is 10.5 Å². The highest BCUT2D eigenvalue weighted by Gasteiger charge is 2.20. The third kappa shape index (κ3) is 2.45. The maximum atomic E-state index is 5.78. The van der Waals surface area contributed by atoms with Crippen LogP contribution in [0.5, 0.6) is 0 Å². The Morgan fingerprint density at radius 2 is 2.00 bits per heavy atom. The van der Waals surface area contributed by atoms with Crippen LogP contribution in [0.25, 0.3) is 0 Å². The van der Waals surface area contributed by atoms with Gasteiger partial charge < -0.3 is 10.5 Å². The largest absolute Gasteiger partial charge is 0.381 e. The van der Waals surface area contributed by atoms with Crippen LogP contribution in [0.4, 0.5) is 0 Å². The number of hydrogen-bond acceptors (Lipinski definition) is 2. The normalized spacial score (nSPS) is 19.6. The fourth-order valence-electron chi connectivity index (χ4n) is 2.47. The van der Waals surface area contributed by atoms with Crippen molar-refractivity contribution in [3.8, 4) is 0 Å². The van der Waals surface area contributed by atoms with Crippen LogP contribution < -0.4 is 5.73 Å². The van der Waals surface area contributed by atoms with E-state index in [9.17, 15) is 0 Å². The fraction of sp³-hybridized carbons (Fsp3) is 0.571. The smallest absolute Gasteiger partial charge is 0.0471 e. The molecule has 0 aromatic heterocycles. The van der Waals surface area contributed by atoms with Crippen molar-refractivity contribution in [3.05, 3.63) is 35.4 Å². The lowest BCUT2D eigenvalue weighted by Gasteiger charge is -2.26. The first-order valence-corrected chi connectivity index (χ1v) is 6.19. The molecule has 0 saturated carbocycles. The molecule has 1 atom stereocenters. The maximum absolute atomic E-state index is 5.78. The Labute approximate surface area is 97.8 Å². The molecule has 0 radical (unpaired) electrons. The molecule has 1 aromatic rings. The predicted octanol–water partition coefficient (Wildman–Crippen LogP) is 2.64. The summed E-state index contributed by atoms with van der Waals surface area (Å²) in [7, 11) is 0. The minimum absolute atomic E-state index is 0.457. The fourth-order valence-corrected chi connectivity index (χ4v) is 2.47. The van der Waals surface area contributed by atoms with Crippen LogP contribution in [0.1, 0.15) is 42.7 Å². The maximum Gasteiger partial charge on any atom is 0.0471 e. The first-order valence-electron chi connectivity index (χ1n) is 6.19. The molecule has 1 fully saturated rings. The highest BCUT2D eigenvalue weighted by molar-refractivity contribution is 5.33.